The number of hydrogen-bond donors (Lipinski definition) is 2. The number of aromatic nitrogens is 1. The van der Waals surface area contributed by atoms with E-state index < -0.39 is 0 Å². The molecule has 0 bridgehead atoms. The highest BCUT2D eigenvalue weighted by atomic mass is 16.1. The topological polar surface area (TPSA) is 44.9 Å². The Morgan fingerprint density at radius 2 is 2.24 bits per heavy atom. The van der Waals surface area contributed by atoms with E-state index in [-0.39, 0.29) is 5.91 Å². The Hall–Kier alpha value is -2.03. The molecule has 17 heavy (non-hydrogen) atoms. The molecule has 1 aromatic carbocycles. The molecule has 0 atom stereocenters. The number of allylic oxidation sites excluding steroid dienone is 1. The monoisotopic (exact) mass is 228 g/mol. The van der Waals surface area contributed by atoms with Gasteiger partial charge >= 0.3 is 0 Å². The minimum atomic E-state index is -0.0213. The predicted molar refractivity (Wildman–Crippen MR) is 70.1 cm³/mol. The zero-order chi connectivity index (χ0) is 12.1. The zero-order valence-corrected chi connectivity index (χ0v) is 9.86. The molecule has 2 N–H and O–H groups in total. The van der Waals surface area contributed by atoms with Crippen molar-refractivity contribution in [3.05, 3.63) is 48.2 Å². The highest BCUT2D eigenvalue weighted by molar-refractivity contribution is 6.06. The lowest BCUT2D eigenvalue weighted by Crippen LogP contribution is -2.23. The maximum absolute atomic E-state index is 11.9. The van der Waals surface area contributed by atoms with Crippen LogP contribution in [0.5, 0.6) is 0 Å². The van der Waals surface area contributed by atoms with Gasteiger partial charge < -0.3 is 10.3 Å². The van der Waals surface area contributed by atoms with Gasteiger partial charge in [0.15, 0.2) is 0 Å². The van der Waals surface area contributed by atoms with Gasteiger partial charge in [-0.1, -0.05) is 30.4 Å². The highest BCUT2D eigenvalue weighted by Crippen LogP contribution is 2.17. The van der Waals surface area contributed by atoms with Crippen LogP contribution in [0.2, 0.25) is 0 Å². The lowest BCUT2D eigenvalue weighted by atomic mass is 10.1. The number of H-pyrrole nitrogens is 1. The van der Waals surface area contributed by atoms with Gasteiger partial charge in [-0.25, -0.2) is 0 Å². The summed E-state index contributed by atoms with van der Waals surface area (Å²) in [4.78, 5) is 15.0. The van der Waals surface area contributed by atoms with Crippen LogP contribution in [0.3, 0.4) is 0 Å². The Morgan fingerprint density at radius 1 is 1.41 bits per heavy atom. The van der Waals surface area contributed by atoms with Crippen molar-refractivity contribution in [3.63, 3.8) is 0 Å². The smallest absolute Gasteiger partial charge is 0.253 e. The molecule has 1 aromatic heterocycles. The van der Waals surface area contributed by atoms with Crippen LogP contribution in [0, 0.1) is 0 Å². The molecule has 1 amide bonds. The predicted octanol–water partition coefficient (Wildman–Crippen LogP) is 2.86. The Morgan fingerprint density at radius 3 is 3.06 bits per heavy atom. The van der Waals surface area contributed by atoms with Crippen molar-refractivity contribution < 1.29 is 4.79 Å². The molecule has 0 radical (unpaired) electrons. The van der Waals surface area contributed by atoms with Crippen LogP contribution in [0.1, 0.15) is 23.7 Å². The Labute approximate surface area is 101 Å². The van der Waals surface area contributed by atoms with Crippen molar-refractivity contribution in [3.8, 4) is 0 Å². The van der Waals surface area contributed by atoms with Gasteiger partial charge in [-0.05, 0) is 19.4 Å². The number of rotatable bonds is 4. The van der Waals surface area contributed by atoms with Crippen LogP contribution < -0.4 is 5.32 Å². The molecule has 0 unspecified atom stereocenters. The molecule has 0 fully saturated rings. The van der Waals surface area contributed by atoms with E-state index in [0.29, 0.717) is 12.1 Å². The summed E-state index contributed by atoms with van der Waals surface area (Å²) in [6.07, 6.45) is 6.65. The number of para-hydroxylation sites is 1. The minimum absolute atomic E-state index is 0.0213. The van der Waals surface area contributed by atoms with Gasteiger partial charge in [-0.15, -0.1) is 0 Å². The van der Waals surface area contributed by atoms with E-state index in [4.69, 9.17) is 0 Å². The van der Waals surface area contributed by atoms with Crippen LogP contribution in [0.15, 0.2) is 42.6 Å². The Kier molecular flexibility index (Phi) is 3.60. The maximum Gasteiger partial charge on any atom is 0.253 e. The fourth-order valence-electron chi connectivity index (χ4n) is 1.79. The number of fused-ring (bicyclic) bond motifs is 1. The van der Waals surface area contributed by atoms with Crippen LogP contribution in [0.25, 0.3) is 10.9 Å². The van der Waals surface area contributed by atoms with Crippen molar-refractivity contribution in [2.45, 2.75) is 13.3 Å². The van der Waals surface area contributed by atoms with E-state index in [1.807, 2.05) is 43.3 Å². The van der Waals surface area contributed by atoms with Gasteiger partial charge in [0.1, 0.15) is 0 Å². The molecule has 2 aromatic rings. The minimum Gasteiger partial charge on any atom is -0.360 e. The largest absolute Gasteiger partial charge is 0.360 e. The lowest BCUT2D eigenvalue weighted by Gasteiger charge is -2.01. The number of nitrogens with one attached hydrogen (secondary N) is 2. The van der Waals surface area contributed by atoms with E-state index in [1.165, 1.54) is 0 Å². The fraction of sp³-hybridized carbons (Fsp3) is 0.214. The first-order valence-electron chi connectivity index (χ1n) is 5.78. The third-order valence-corrected chi connectivity index (χ3v) is 2.67. The molecule has 0 aliphatic heterocycles. The molecule has 88 valence electrons. The van der Waals surface area contributed by atoms with Crippen LogP contribution in [-0.2, 0) is 0 Å². The van der Waals surface area contributed by atoms with Crippen LogP contribution in [0.4, 0.5) is 0 Å². The normalized spacial score (nSPS) is 11.1. The highest BCUT2D eigenvalue weighted by Gasteiger charge is 2.10. The van der Waals surface area contributed by atoms with Crippen molar-refractivity contribution in [2.24, 2.45) is 0 Å². The standard InChI is InChI=1S/C14H16N2O/c1-2-3-6-9-15-14(17)12-10-16-13-8-5-4-7-11(12)13/h2-5,7-8,10,16H,6,9H2,1H3,(H,15,17)/b3-2+. The van der Waals surface area contributed by atoms with Gasteiger partial charge in [-0.3, -0.25) is 4.79 Å². The molecule has 0 saturated heterocycles. The SMILES string of the molecule is C/C=C/CCNC(=O)c1c[nH]c2ccccc12. The van der Waals surface area contributed by atoms with Crippen molar-refractivity contribution >= 4 is 16.8 Å². The first-order chi connectivity index (χ1) is 8.33. The Balaban J connectivity index is 2.09. The van der Waals surface area contributed by atoms with Crippen molar-refractivity contribution in [2.75, 3.05) is 6.54 Å². The second kappa shape index (κ2) is 5.34. The van der Waals surface area contributed by atoms with E-state index in [2.05, 4.69) is 10.3 Å². The van der Waals surface area contributed by atoms with Gasteiger partial charge in [0.05, 0.1) is 5.56 Å². The number of hydrogen-bond acceptors (Lipinski definition) is 1. The Bertz CT molecular complexity index is 540. The average molecular weight is 228 g/mol. The molecular formula is C14H16N2O. The molecule has 0 saturated carbocycles. The second-order valence-corrected chi connectivity index (χ2v) is 3.86. The van der Waals surface area contributed by atoms with Gasteiger partial charge in [0.25, 0.3) is 5.91 Å². The van der Waals surface area contributed by atoms with Crippen molar-refractivity contribution in [1.29, 1.82) is 0 Å². The van der Waals surface area contributed by atoms with Gasteiger partial charge in [0, 0.05) is 23.6 Å². The molecule has 0 spiro atoms. The molecule has 1 heterocycles. The summed E-state index contributed by atoms with van der Waals surface area (Å²) in [5.41, 5.74) is 1.70. The summed E-state index contributed by atoms with van der Waals surface area (Å²) in [5, 5.41) is 3.87. The second-order valence-electron chi connectivity index (χ2n) is 3.86. The van der Waals surface area contributed by atoms with Crippen LogP contribution >= 0.6 is 0 Å². The summed E-state index contributed by atoms with van der Waals surface area (Å²) in [6, 6.07) is 7.80. The van der Waals surface area contributed by atoms with Gasteiger partial charge in [0.2, 0.25) is 0 Å². The molecule has 3 nitrogen and oxygen atoms in total. The maximum atomic E-state index is 11.9. The number of aromatic amines is 1. The molecule has 0 aliphatic carbocycles. The van der Waals surface area contributed by atoms with E-state index >= 15 is 0 Å². The van der Waals surface area contributed by atoms with E-state index in [0.717, 1.165) is 17.3 Å². The number of carbonyl (C=O) groups excluding carboxylic acids is 1. The fourth-order valence-corrected chi connectivity index (χ4v) is 1.79. The molecule has 3 heteroatoms. The van der Waals surface area contributed by atoms with E-state index in [9.17, 15) is 4.79 Å². The summed E-state index contributed by atoms with van der Waals surface area (Å²) >= 11 is 0. The third-order valence-electron chi connectivity index (χ3n) is 2.67. The first-order valence-corrected chi connectivity index (χ1v) is 5.78. The average Bonchev–Trinajstić information content (AvgIpc) is 2.78. The molecule has 0 aliphatic rings. The number of benzene rings is 1. The first kappa shape index (κ1) is 11.5. The lowest BCUT2D eigenvalue weighted by molar-refractivity contribution is 0.0956. The zero-order valence-electron chi connectivity index (χ0n) is 9.86. The van der Waals surface area contributed by atoms with Gasteiger partial charge in [-0.2, -0.15) is 0 Å². The van der Waals surface area contributed by atoms with Crippen LogP contribution in [-0.4, -0.2) is 17.4 Å². The summed E-state index contributed by atoms with van der Waals surface area (Å²) < 4.78 is 0. The molecular weight excluding hydrogens is 212 g/mol. The number of amides is 1. The third kappa shape index (κ3) is 2.56. The summed E-state index contributed by atoms with van der Waals surface area (Å²) in [6.45, 7) is 2.64. The van der Waals surface area contributed by atoms with Crippen molar-refractivity contribution in [1.82, 2.24) is 10.3 Å². The quantitative estimate of drug-likeness (QED) is 0.613. The summed E-state index contributed by atoms with van der Waals surface area (Å²) in [5.74, 6) is -0.0213. The molecule has 2 rings (SSSR count). The summed E-state index contributed by atoms with van der Waals surface area (Å²) in [7, 11) is 0. The number of carbonyl (C=O) groups is 1. The van der Waals surface area contributed by atoms with E-state index in [1.54, 1.807) is 6.20 Å².